The number of benzene rings is 1. The van der Waals surface area contributed by atoms with Gasteiger partial charge in [-0.25, -0.2) is 9.97 Å². The van der Waals surface area contributed by atoms with Gasteiger partial charge in [-0.1, -0.05) is 122 Å². The van der Waals surface area contributed by atoms with Crippen LogP contribution in [0.5, 0.6) is 0 Å². The number of rotatable bonds is 12. The van der Waals surface area contributed by atoms with Crippen LogP contribution >= 0.6 is 0 Å². The van der Waals surface area contributed by atoms with E-state index in [2.05, 4.69) is 132 Å². The van der Waals surface area contributed by atoms with Gasteiger partial charge in [-0.2, -0.15) is 0 Å². The van der Waals surface area contributed by atoms with Gasteiger partial charge in [-0.15, -0.1) is 11.1 Å². The van der Waals surface area contributed by atoms with Gasteiger partial charge >= 0.3 is 0 Å². The lowest BCUT2D eigenvalue weighted by Crippen LogP contribution is -2.43. The van der Waals surface area contributed by atoms with Crippen LogP contribution in [0.2, 0.25) is 33.2 Å². The van der Waals surface area contributed by atoms with E-state index in [0.29, 0.717) is 33.2 Å². The number of fused-ring (bicyclic) bond motifs is 6. The third-order valence-corrected chi connectivity index (χ3v) is 24.3. The number of hydrogen-bond donors (Lipinski definition) is 0. The lowest BCUT2D eigenvalue weighted by atomic mass is 10.0. The van der Waals surface area contributed by atoms with Gasteiger partial charge in [0.05, 0.1) is 11.0 Å². The fourth-order valence-electron chi connectivity index (χ4n) is 8.98. The Labute approximate surface area is 306 Å². The first-order chi connectivity index (χ1) is 23.6. The van der Waals surface area contributed by atoms with Gasteiger partial charge in [-0.3, -0.25) is 9.97 Å². The smallest absolute Gasteiger partial charge is 0.147 e. The summed E-state index contributed by atoms with van der Waals surface area (Å²) in [6, 6.07) is 4.57. The van der Waals surface area contributed by atoms with Crippen molar-refractivity contribution in [3.8, 4) is 22.9 Å². The molecule has 0 aliphatic heterocycles. The minimum Gasteiger partial charge on any atom is -0.254 e. The molecule has 4 rings (SSSR count). The Bertz CT molecular complexity index is 1750. The summed E-state index contributed by atoms with van der Waals surface area (Å²) in [5, 5.41) is 2.03. The first kappa shape index (κ1) is 39.7. The molecule has 4 nitrogen and oxygen atoms in total. The molecule has 0 atom stereocenters. The van der Waals surface area contributed by atoms with Crippen LogP contribution in [-0.4, -0.2) is 36.1 Å². The zero-order valence-corrected chi connectivity index (χ0v) is 35.8. The number of hydrogen-bond acceptors (Lipinski definition) is 4. The monoisotopic (exact) mass is 704 g/mol. The van der Waals surface area contributed by atoms with Gasteiger partial charge in [0.15, 0.2) is 0 Å². The second-order valence-electron chi connectivity index (χ2n) is 16.6. The minimum absolute atomic E-state index is 0.517. The molecule has 6 heteroatoms. The average molecular weight is 705 g/mol. The van der Waals surface area contributed by atoms with E-state index in [4.69, 9.17) is 19.9 Å². The normalized spacial score (nSPS) is 12.6. The van der Waals surface area contributed by atoms with Crippen LogP contribution in [0.25, 0.3) is 32.8 Å². The van der Waals surface area contributed by atoms with Crippen LogP contribution in [0.3, 0.4) is 0 Å². The Morgan fingerprint density at radius 3 is 1.10 bits per heavy atom. The summed E-state index contributed by atoms with van der Waals surface area (Å²) in [7, 11) is -4.09. The van der Waals surface area contributed by atoms with Crippen LogP contribution in [0.1, 0.15) is 145 Å². The molecule has 0 bridgehead atoms. The number of aromatic nitrogens is 4. The Kier molecular flexibility index (Phi) is 13.1. The molecule has 0 spiro atoms. The predicted molar refractivity (Wildman–Crippen MR) is 223 cm³/mol. The third-order valence-electron chi connectivity index (χ3n) is 11.7. The number of aryl methyl sites for hydroxylation is 2. The third kappa shape index (κ3) is 7.58. The van der Waals surface area contributed by atoms with Crippen molar-refractivity contribution in [2.24, 2.45) is 0 Å². The van der Waals surface area contributed by atoms with E-state index in [-0.39, 0.29) is 0 Å². The second-order valence-corrected chi connectivity index (χ2v) is 27.8. The van der Waals surface area contributed by atoms with Gasteiger partial charge < -0.3 is 0 Å². The largest absolute Gasteiger partial charge is 0.254 e. The molecule has 3 heterocycles. The Balaban J connectivity index is 2.22. The summed E-state index contributed by atoms with van der Waals surface area (Å²) in [5.41, 5.74) is 18.5. The van der Waals surface area contributed by atoms with E-state index in [0.717, 1.165) is 82.8 Å². The summed E-state index contributed by atoms with van der Waals surface area (Å²) in [4.78, 5) is 21.1. The highest BCUT2D eigenvalue weighted by molar-refractivity contribution is 6.91. The quantitative estimate of drug-likeness (QED) is 0.0837. The summed E-state index contributed by atoms with van der Waals surface area (Å²) in [6.45, 7) is 32.9. The highest BCUT2D eigenvalue weighted by Crippen LogP contribution is 2.42. The minimum atomic E-state index is -2.05. The number of pyridine rings is 2. The molecular formula is C44H64N4Si2. The lowest BCUT2D eigenvalue weighted by Gasteiger charge is -2.38. The first-order valence-electron chi connectivity index (χ1n) is 19.6. The molecule has 268 valence electrons. The van der Waals surface area contributed by atoms with Crippen molar-refractivity contribution in [1.82, 2.24) is 19.9 Å². The van der Waals surface area contributed by atoms with E-state index in [1.165, 1.54) is 11.1 Å². The second kappa shape index (κ2) is 16.5. The van der Waals surface area contributed by atoms with E-state index in [1.54, 1.807) is 0 Å². The van der Waals surface area contributed by atoms with Crippen molar-refractivity contribution in [3.63, 3.8) is 0 Å². The maximum Gasteiger partial charge on any atom is 0.147 e. The molecule has 0 aliphatic rings. The summed E-state index contributed by atoms with van der Waals surface area (Å²) < 4.78 is 0. The molecule has 4 aromatic rings. The van der Waals surface area contributed by atoms with Gasteiger partial charge in [-0.05, 0) is 82.2 Å². The average Bonchev–Trinajstić information content (AvgIpc) is 3.05. The Morgan fingerprint density at radius 2 is 0.820 bits per heavy atom. The number of nitrogens with zero attached hydrogens (tertiary/aromatic N) is 4. The molecule has 0 N–H and O–H groups in total. The molecule has 3 aromatic heterocycles. The number of unbranched alkanes of at least 4 members (excludes halogenated alkanes) is 2. The van der Waals surface area contributed by atoms with Crippen molar-refractivity contribution >= 4 is 49.0 Å². The maximum atomic E-state index is 5.51. The summed E-state index contributed by atoms with van der Waals surface area (Å²) >= 11 is 0. The zero-order valence-electron chi connectivity index (χ0n) is 33.8. The SMILES string of the molecule is CCCCc1cnc2c(c1)c1nc(C#C[Si](C(C)C)(C(C)C)C(C)C)c(C#C[Si](C(C)C)(C(C)C)C(C)C)nc1c1cc(CCCC)cnc12. The van der Waals surface area contributed by atoms with Gasteiger partial charge in [0.1, 0.15) is 38.6 Å². The molecule has 50 heavy (non-hydrogen) atoms. The zero-order chi connectivity index (χ0) is 37.0. The van der Waals surface area contributed by atoms with Gasteiger partial charge in [0, 0.05) is 23.2 Å². The molecule has 0 amide bonds. The van der Waals surface area contributed by atoms with Crippen LogP contribution in [0.15, 0.2) is 24.5 Å². The van der Waals surface area contributed by atoms with E-state index < -0.39 is 16.1 Å². The molecule has 0 saturated carbocycles. The predicted octanol–water partition coefficient (Wildman–Crippen LogP) is 12.6. The van der Waals surface area contributed by atoms with E-state index in [9.17, 15) is 0 Å². The lowest BCUT2D eigenvalue weighted by molar-refractivity contribution is 0.793. The van der Waals surface area contributed by atoms with Crippen molar-refractivity contribution in [3.05, 3.63) is 47.0 Å². The molecule has 1 aromatic carbocycles. The molecule has 0 fully saturated rings. The molecular weight excluding hydrogens is 641 g/mol. The van der Waals surface area contributed by atoms with Crippen LogP contribution in [0, 0.1) is 22.9 Å². The molecule has 0 radical (unpaired) electrons. The van der Waals surface area contributed by atoms with Crippen molar-refractivity contribution in [2.45, 2.75) is 169 Å². The summed E-state index contributed by atoms with van der Waals surface area (Å²) in [5.74, 6) is 7.46. The van der Waals surface area contributed by atoms with Gasteiger partial charge in [0.25, 0.3) is 0 Å². The topological polar surface area (TPSA) is 51.6 Å². The highest BCUT2D eigenvalue weighted by atomic mass is 28.3. The Morgan fingerprint density at radius 1 is 0.500 bits per heavy atom. The molecule has 0 saturated heterocycles. The van der Waals surface area contributed by atoms with Crippen LogP contribution < -0.4 is 0 Å². The first-order valence-corrected chi connectivity index (χ1v) is 24.1. The fraction of sp³-hybridized carbons (Fsp3) is 0.591. The molecule has 0 unspecified atom stereocenters. The summed E-state index contributed by atoms with van der Waals surface area (Å²) in [6.07, 6.45) is 10.6. The van der Waals surface area contributed by atoms with Gasteiger partial charge in [0.2, 0.25) is 0 Å². The van der Waals surface area contributed by atoms with E-state index in [1.807, 2.05) is 12.4 Å². The van der Waals surface area contributed by atoms with Crippen LogP contribution in [-0.2, 0) is 12.8 Å². The highest BCUT2D eigenvalue weighted by Gasteiger charge is 2.43. The van der Waals surface area contributed by atoms with Crippen LogP contribution in [0.4, 0.5) is 0 Å². The van der Waals surface area contributed by atoms with Crippen molar-refractivity contribution in [2.75, 3.05) is 0 Å². The van der Waals surface area contributed by atoms with E-state index >= 15 is 0 Å². The standard InChI is InChI=1S/C44H64N4Si2/c1-15-17-19-35-25-37-41(45-27-35)42-38(26-36(28-46-42)20-18-16-2)44-43(37)47-39(21-23-49(29(3)4,30(5)6)31(7)8)40(48-44)22-24-50(32(9)10,33(11)12)34(13)14/h25-34H,15-20H2,1-14H3. The maximum absolute atomic E-state index is 5.51. The van der Waals surface area contributed by atoms with Crippen molar-refractivity contribution in [1.29, 1.82) is 0 Å². The fourth-order valence-corrected chi connectivity index (χ4v) is 19.4. The van der Waals surface area contributed by atoms with Crippen molar-refractivity contribution < 1.29 is 0 Å². The Hall–Kier alpha value is -3.07. The molecule has 0 aliphatic carbocycles.